The predicted octanol–water partition coefficient (Wildman–Crippen LogP) is 2.34. The second-order valence-electron chi connectivity index (χ2n) is 6.04. The zero-order chi connectivity index (χ0) is 14.8. The third kappa shape index (κ3) is 3.54. The minimum atomic E-state index is -0.0460. The molecule has 1 N–H and O–H groups in total. The summed E-state index contributed by atoms with van der Waals surface area (Å²) < 4.78 is 1.82. The first kappa shape index (κ1) is 14.5. The van der Waals surface area contributed by atoms with Crippen molar-refractivity contribution in [2.45, 2.75) is 32.9 Å². The van der Waals surface area contributed by atoms with E-state index in [9.17, 15) is 4.79 Å². The number of rotatable bonds is 4. The topological polar surface area (TPSA) is 46.9 Å². The Labute approximate surface area is 119 Å². The van der Waals surface area contributed by atoms with Gasteiger partial charge >= 0.3 is 0 Å². The summed E-state index contributed by atoms with van der Waals surface area (Å²) in [4.78, 5) is 11.8. The van der Waals surface area contributed by atoms with Crippen LogP contribution in [0.25, 0.3) is 10.9 Å². The Morgan fingerprint density at radius 3 is 2.75 bits per heavy atom. The summed E-state index contributed by atoms with van der Waals surface area (Å²) in [7, 11) is 0. The third-order valence-corrected chi connectivity index (χ3v) is 3.00. The SMILES string of the molecule is C=C(CNC(C)(C)C)Cn1ncc(=O)c2ccccc21. The van der Waals surface area contributed by atoms with Gasteiger partial charge in [0.25, 0.3) is 0 Å². The number of benzene rings is 1. The van der Waals surface area contributed by atoms with E-state index < -0.39 is 0 Å². The van der Waals surface area contributed by atoms with Gasteiger partial charge in [0.05, 0.1) is 18.3 Å². The average Bonchev–Trinajstić information content (AvgIpc) is 2.39. The zero-order valence-corrected chi connectivity index (χ0v) is 12.3. The molecule has 0 amide bonds. The van der Waals surface area contributed by atoms with Crippen molar-refractivity contribution >= 4 is 10.9 Å². The van der Waals surface area contributed by atoms with Gasteiger partial charge in [-0.2, -0.15) is 5.10 Å². The molecule has 106 valence electrons. The van der Waals surface area contributed by atoms with Gasteiger partial charge in [-0.1, -0.05) is 18.7 Å². The van der Waals surface area contributed by atoms with Crippen molar-refractivity contribution in [2.75, 3.05) is 6.54 Å². The molecule has 20 heavy (non-hydrogen) atoms. The fourth-order valence-corrected chi connectivity index (χ4v) is 1.94. The van der Waals surface area contributed by atoms with Crippen LogP contribution in [0.5, 0.6) is 0 Å². The van der Waals surface area contributed by atoms with Gasteiger partial charge < -0.3 is 5.32 Å². The fraction of sp³-hybridized carbons (Fsp3) is 0.375. The minimum Gasteiger partial charge on any atom is -0.308 e. The molecule has 0 radical (unpaired) electrons. The van der Waals surface area contributed by atoms with Gasteiger partial charge in [-0.15, -0.1) is 0 Å². The van der Waals surface area contributed by atoms with E-state index in [1.807, 2.05) is 28.9 Å². The van der Waals surface area contributed by atoms with Crippen LogP contribution in [0.2, 0.25) is 0 Å². The Balaban J connectivity index is 2.20. The Morgan fingerprint density at radius 2 is 2.05 bits per heavy atom. The molecule has 4 nitrogen and oxygen atoms in total. The number of para-hydroxylation sites is 1. The molecule has 0 atom stereocenters. The molecule has 0 fully saturated rings. The predicted molar refractivity (Wildman–Crippen MR) is 82.9 cm³/mol. The van der Waals surface area contributed by atoms with Crippen molar-refractivity contribution in [1.29, 1.82) is 0 Å². The van der Waals surface area contributed by atoms with Gasteiger partial charge in [-0.3, -0.25) is 9.48 Å². The van der Waals surface area contributed by atoms with E-state index in [-0.39, 0.29) is 11.0 Å². The van der Waals surface area contributed by atoms with E-state index in [0.717, 1.165) is 17.6 Å². The van der Waals surface area contributed by atoms with E-state index in [1.165, 1.54) is 6.20 Å². The molecule has 1 aromatic heterocycles. The normalized spacial score (nSPS) is 11.8. The van der Waals surface area contributed by atoms with Crippen LogP contribution < -0.4 is 10.7 Å². The molecule has 0 aliphatic rings. The maximum atomic E-state index is 11.8. The van der Waals surface area contributed by atoms with E-state index in [4.69, 9.17) is 0 Å². The van der Waals surface area contributed by atoms with Crippen LogP contribution in [0.3, 0.4) is 0 Å². The van der Waals surface area contributed by atoms with Crippen molar-refractivity contribution in [2.24, 2.45) is 0 Å². The number of fused-ring (bicyclic) bond motifs is 1. The highest BCUT2D eigenvalue weighted by Crippen LogP contribution is 2.09. The van der Waals surface area contributed by atoms with Gasteiger partial charge in [0.2, 0.25) is 5.43 Å². The van der Waals surface area contributed by atoms with Crippen molar-refractivity contribution in [3.63, 3.8) is 0 Å². The minimum absolute atomic E-state index is 0.0460. The summed E-state index contributed by atoms with van der Waals surface area (Å²) >= 11 is 0. The molecule has 0 saturated carbocycles. The lowest BCUT2D eigenvalue weighted by Crippen LogP contribution is -2.37. The Bertz CT molecular complexity index is 680. The molecule has 0 saturated heterocycles. The zero-order valence-electron chi connectivity index (χ0n) is 12.3. The van der Waals surface area contributed by atoms with Gasteiger partial charge in [-0.25, -0.2) is 0 Å². The molecule has 0 aliphatic heterocycles. The largest absolute Gasteiger partial charge is 0.308 e. The number of hydrogen-bond acceptors (Lipinski definition) is 3. The lowest BCUT2D eigenvalue weighted by Gasteiger charge is -2.21. The molecule has 1 aromatic carbocycles. The van der Waals surface area contributed by atoms with Gasteiger partial charge in [0, 0.05) is 17.5 Å². The fourth-order valence-electron chi connectivity index (χ4n) is 1.94. The van der Waals surface area contributed by atoms with Crippen LogP contribution in [0.4, 0.5) is 0 Å². The lowest BCUT2D eigenvalue weighted by atomic mass is 10.1. The monoisotopic (exact) mass is 271 g/mol. The van der Waals surface area contributed by atoms with Crippen molar-refractivity contribution < 1.29 is 0 Å². The summed E-state index contributed by atoms with van der Waals surface area (Å²) in [6, 6.07) is 7.51. The molecule has 0 spiro atoms. The van der Waals surface area contributed by atoms with E-state index in [0.29, 0.717) is 11.9 Å². The van der Waals surface area contributed by atoms with E-state index >= 15 is 0 Å². The highest BCUT2D eigenvalue weighted by Gasteiger charge is 2.10. The average molecular weight is 271 g/mol. The number of aromatic nitrogens is 2. The molecular weight excluding hydrogens is 250 g/mol. The summed E-state index contributed by atoms with van der Waals surface area (Å²) in [6.45, 7) is 11.8. The number of hydrogen-bond donors (Lipinski definition) is 1. The lowest BCUT2D eigenvalue weighted by molar-refractivity contribution is 0.439. The van der Waals surface area contributed by atoms with Crippen LogP contribution in [-0.2, 0) is 6.54 Å². The molecule has 0 aliphatic carbocycles. The third-order valence-electron chi connectivity index (χ3n) is 3.00. The molecular formula is C16H21N3O. The highest BCUT2D eigenvalue weighted by atomic mass is 16.1. The molecule has 0 bridgehead atoms. The first-order chi connectivity index (χ1) is 9.37. The van der Waals surface area contributed by atoms with Crippen molar-refractivity contribution in [3.8, 4) is 0 Å². The van der Waals surface area contributed by atoms with Crippen molar-refractivity contribution in [1.82, 2.24) is 15.1 Å². The van der Waals surface area contributed by atoms with E-state index in [1.54, 1.807) is 0 Å². The van der Waals surface area contributed by atoms with Crippen LogP contribution in [0.1, 0.15) is 20.8 Å². The Hall–Kier alpha value is -1.94. The van der Waals surface area contributed by atoms with Crippen LogP contribution >= 0.6 is 0 Å². The van der Waals surface area contributed by atoms with Crippen LogP contribution in [-0.4, -0.2) is 21.9 Å². The van der Waals surface area contributed by atoms with Crippen LogP contribution in [0.15, 0.2) is 47.4 Å². The second-order valence-corrected chi connectivity index (χ2v) is 6.04. The highest BCUT2D eigenvalue weighted by molar-refractivity contribution is 5.77. The van der Waals surface area contributed by atoms with E-state index in [2.05, 4.69) is 37.8 Å². The first-order valence-electron chi connectivity index (χ1n) is 6.73. The van der Waals surface area contributed by atoms with Crippen molar-refractivity contribution in [3.05, 3.63) is 52.8 Å². The molecule has 2 aromatic rings. The van der Waals surface area contributed by atoms with Gasteiger partial charge in [0.1, 0.15) is 0 Å². The maximum absolute atomic E-state index is 11.8. The number of nitrogens with one attached hydrogen (secondary N) is 1. The number of nitrogens with zero attached hydrogens (tertiary/aromatic N) is 2. The summed E-state index contributed by atoms with van der Waals surface area (Å²) in [6.07, 6.45) is 1.37. The molecule has 4 heteroatoms. The molecule has 0 unspecified atom stereocenters. The van der Waals surface area contributed by atoms with Gasteiger partial charge in [0.15, 0.2) is 0 Å². The quantitative estimate of drug-likeness (QED) is 0.868. The summed E-state index contributed by atoms with van der Waals surface area (Å²) in [5.74, 6) is 0. The second kappa shape index (κ2) is 5.59. The Kier molecular flexibility index (Phi) is 4.04. The Morgan fingerprint density at radius 1 is 1.35 bits per heavy atom. The van der Waals surface area contributed by atoms with Gasteiger partial charge in [-0.05, 0) is 38.5 Å². The van der Waals surface area contributed by atoms with Crippen LogP contribution in [0, 0.1) is 0 Å². The smallest absolute Gasteiger partial charge is 0.207 e. The summed E-state index contributed by atoms with van der Waals surface area (Å²) in [5, 5.41) is 8.30. The summed E-state index contributed by atoms with van der Waals surface area (Å²) in [5.41, 5.74) is 1.88. The molecule has 1 heterocycles. The standard InChI is InChI=1S/C16H21N3O/c1-12(9-17-16(2,3)4)11-19-14-8-6-5-7-13(14)15(20)10-18-19/h5-8,10,17H,1,9,11H2,2-4H3. The molecule has 2 rings (SSSR count). The maximum Gasteiger partial charge on any atom is 0.207 e. The first-order valence-corrected chi connectivity index (χ1v) is 6.73.